The minimum atomic E-state index is 0.485. The third-order valence-electron chi connectivity index (χ3n) is 3.30. The van der Waals surface area contributed by atoms with Crippen LogP contribution in [0.25, 0.3) is 0 Å². The first-order chi connectivity index (χ1) is 6.88. The molecule has 0 aromatic heterocycles. The zero-order chi connectivity index (χ0) is 9.80. The van der Waals surface area contributed by atoms with Gasteiger partial charge in [-0.1, -0.05) is 0 Å². The highest BCUT2D eigenvalue weighted by molar-refractivity contribution is 4.78. The van der Waals surface area contributed by atoms with E-state index in [1.165, 1.54) is 38.9 Å². The molecule has 1 N–H and O–H groups in total. The highest BCUT2D eigenvalue weighted by Crippen LogP contribution is 2.27. The highest BCUT2D eigenvalue weighted by Gasteiger charge is 2.22. The standard InChI is InChI=1S/C11H22N2O/c1-14-11-4-6-13(9-11)7-5-12-8-10-2-3-10/h10-12H,2-9H2,1H3. The van der Waals surface area contributed by atoms with Crippen LogP contribution in [0, 0.1) is 5.92 Å². The van der Waals surface area contributed by atoms with Crippen LogP contribution in [0.4, 0.5) is 0 Å². The van der Waals surface area contributed by atoms with Crippen LogP contribution in [-0.2, 0) is 4.74 Å². The van der Waals surface area contributed by atoms with Crippen molar-refractivity contribution in [1.82, 2.24) is 10.2 Å². The number of hydrogen-bond acceptors (Lipinski definition) is 3. The summed E-state index contributed by atoms with van der Waals surface area (Å²) >= 11 is 0. The van der Waals surface area contributed by atoms with Crippen molar-refractivity contribution in [2.75, 3.05) is 39.8 Å². The molecule has 1 saturated carbocycles. The van der Waals surface area contributed by atoms with Crippen LogP contribution in [-0.4, -0.2) is 50.8 Å². The van der Waals surface area contributed by atoms with Gasteiger partial charge in [0, 0.05) is 33.3 Å². The largest absolute Gasteiger partial charge is 0.380 e. The van der Waals surface area contributed by atoms with Crippen molar-refractivity contribution in [1.29, 1.82) is 0 Å². The van der Waals surface area contributed by atoms with Gasteiger partial charge >= 0.3 is 0 Å². The predicted molar refractivity (Wildman–Crippen MR) is 57.4 cm³/mol. The zero-order valence-corrected chi connectivity index (χ0v) is 9.17. The van der Waals surface area contributed by atoms with Crippen LogP contribution in [0.3, 0.4) is 0 Å². The quantitative estimate of drug-likeness (QED) is 0.636. The Labute approximate surface area is 86.8 Å². The van der Waals surface area contributed by atoms with Crippen molar-refractivity contribution < 1.29 is 4.74 Å². The smallest absolute Gasteiger partial charge is 0.0710 e. The molecule has 14 heavy (non-hydrogen) atoms. The molecule has 0 bridgehead atoms. The van der Waals surface area contributed by atoms with E-state index < -0.39 is 0 Å². The fraction of sp³-hybridized carbons (Fsp3) is 1.00. The average molecular weight is 198 g/mol. The van der Waals surface area contributed by atoms with Gasteiger partial charge in [0.2, 0.25) is 0 Å². The first-order valence-corrected chi connectivity index (χ1v) is 5.84. The molecule has 2 aliphatic rings. The summed E-state index contributed by atoms with van der Waals surface area (Å²) in [4.78, 5) is 2.49. The van der Waals surface area contributed by atoms with Crippen LogP contribution >= 0.6 is 0 Å². The van der Waals surface area contributed by atoms with E-state index in [0.717, 1.165) is 19.0 Å². The van der Waals surface area contributed by atoms with Crippen molar-refractivity contribution >= 4 is 0 Å². The number of nitrogens with one attached hydrogen (secondary N) is 1. The van der Waals surface area contributed by atoms with E-state index in [1.807, 2.05) is 7.11 Å². The summed E-state index contributed by atoms with van der Waals surface area (Å²) in [5, 5.41) is 3.52. The molecule has 0 spiro atoms. The minimum Gasteiger partial charge on any atom is -0.380 e. The molecular formula is C11H22N2O. The molecule has 1 unspecified atom stereocenters. The van der Waals surface area contributed by atoms with Crippen molar-refractivity contribution in [3.8, 4) is 0 Å². The summed E-state index contributed by atoms with van der Waals surface area (Å²) in [6.07, 6.45) is 4.59. The predicted octanol–water partition coefficient (Wildman–Crippen LogP) is 0.707. The van der Waals surface area contributed by atoms with E-state index in [4.69, 9.17) is 4.74 Å². The lowest BCUT2D eigenvalue weighted by atomic mass is 10.3. The van der Waals surface area contributed by atoms with Crippen LogP contribution in [0.15, 0.2) is 0 Å². The molecule has 0 amide bonds. The van der Waals surface area contributed by atoms with Crippen LogP contribution in [0.5, 0.6) is 0 Å². The third-order valence-corrected chi connectivity index (χ3v) is 3.30. The summed E-state index contributed by atoms with van der Waals surface area (Å²) in [7, 11) is 1.82. The summed E-state index contributed by atoms with van der Waals surface area (Å²) < 4.78 is 5.33. The number of ether oxygens (including phenoxy) is 1. The number of rotatable bonds is 6. The number of nitrogens with zero attached hydrogens (tertiary/aromatic N) is 1. The van der Waals surface area contributed by atoms with Gasteiger partial charge in [0.05, 0.1) is 6.10 Å². The second-order valence-electron chi connectivity index (χ2n) is 4.59. The van der Waals surface area contributed by atoms with Crippen LogP contribution < -0.4 is 5.32 Å². The fourth-order valence-electron chi connectivity index (χ4n) is 2.06. The Morgan fingerprint density at radius 2 is 2.21 bits per heavy atom. The van der Waals surface area contributed by atoms with Gasteiger partial charge in [-0.25, -0.2) is 0 Å². The van der Waals surface area contributed by atoms with Gasteiger partial charge in [0.1, 0.15) is 0 Å². The molecule has 3 heteroatoms. The van der Waals surface area contributed by atoms with Crippen molar-refractivity contribution in [3.05, 3.63) is 0 Å². The van der Waals surface area contributed by atoms with E-state index in [9.17, 15) is 0 Å². The lowest BCUT2D eigenvalue weighted by Crippen LogP contribution is -2.32. The average Bonchev–Trinajstić information content (AvgIpc) is 2.91. The monoisotopic (exact) mass is 198 g/mol. The maximum Gasteiger partial charge on any atom is 0.0710 e. The fourth-order valence-corrected chi connectivity index (χ4v) is 2.06. The summed E-state index contributed by atoms with van der Waals surface area (Å²) in [6, 6.07) is 0. The van der Waals surface area contributed by atoms with Gasteiger partial charge in [0.25, 0.3) is 0 Å². The van der Waals surface area contributed by atoms with Gasteiger partial charge in [-0.3, -0.25) is 4.90 Å². The van der Waals surface area contributed by atoms with E-state index in [2.05, 4.69) is 10.2 Å². The lowest BCUT2D eigenvalue weighted by Gasteiger charge is -2.15. The molecule has 1 atom stereocenters. The first kappa shape index (κ1) is 10.4. The van der Waals surface area contributed by atoms with Gasteiger partial charge in [-0.15, -0.1) is 0 Å². The Morgan fingerprint density at radius 1 is 1.36 bits per heavy atom. The van der Waals surface area contributed by atoms with Crippen LogP contribution in [0.2, 0.25) is 0 Å². The Morgan fingerprint density at radius 3 is 2.86 bits per heavy atom. The second-order valence-corrected chi connectivity index (χ2v) is 4.59. The van der Waals surface area contributed by atoms with Crippen molar-refractivity contribution in [2.24, 2.45) is 5.92 Å². The highest BCUT2D eigenvalue weighted by atomic mass is 16.5. The van der Waals surface area contributed by atoms with E-state index in [0.29, 0.717) is 6.10 Å². The van der Waals surface area contributed by atoms with Crippen molar-refractivity contribution in [3.63, 3.8) is 0 Å². The maximum absolute atomic E-state index is 5.33. The molecule has 1 saturated heterocycles. The number of hydrogen-bond donors (Lipinski definition) is 1. The van der Waals surface area contributed by atoms with E-state index in [1.54, 1.807) is 0 Å². The minimum absolute atomic E-state index is 0.485. The molecule has 2 fully saturated rings. The molecule has 3 nitrogen and oxygen atoms in total. The van der Waals surface area contributed by atoms with E-state index >= 15 is 0 Å². The van der Waals surface area contributed by atoms with Gasteiger partial charge in [-0.05, 0) is 31.7 Å². The summed E-state index contributed by atoms with van der Waals surface area (Å²) in [5.74, 6) is 1.00. The Kier molecular flexibility index (Phi) is 3.79. The normalized spacial score (nSPS) is 28.5. The van der Waals surface area contributed by atoms with Gasteiger partial charge in [0.15, 0.2) is 0 Å². The molecule has 82 valence electrons. The topological polar surface area (TPSA) is 24.5 Å². The number of methoxy groups -OCH3 is 1. The van der Waals surface area contributed by atoms with Gasteiger partial charge in [-0.2, -0.15) is 0 Å². The molecular weight excluding hydrogens is 176 g/mol. The number of likely N-dealkylation sites (tertiary alicyclic amines) is 1. The van der Waals surface area contributed by atoms with Crippen LogP contribution in [0.1, 0.15) is 19.3 Å². The Bertz CT molecular complexity index is 171. The zero-order valence-electron chi connectivity index (χ0n) is 9.17. The van der Waals surface area contributed by atoms with Crippen molar-refractivity contribution in [2.45, 2.75) is 25.4 Å². The molecule has 0 radical (unpaired) electrons. The summed E-state index contributed by atoms with van der Waals surface area (Å²) in [5.41, 5.74) is 0. The molecule has 1 heterocycles. The van der Waals surface area contributed by atoms with Gasteiger partial charge < -0.3 is 10.1 Å². The first-order valence-electron chi connectivity index (χ1n) is 5.84. The second kappa shape index (κ2) is 5.10. The lowest BCUT2D eigenvalue weighted by molar-refractivity contribution is 0.108. The molecule has 1 aliphatic heterocycles. The third kappa shape index (κ3) is 3.23. The summed E-state index contributed by atoms with van der Waals surface area (Å²) in [6.45, 7) is 5.91. The SMILES string of the molecule is COC1CCN(CCNCC2CC2)C1. The molecule has 1 aliphatic carbocycles. The molecule has 0 aromatic carbocycles. The molecule has 0 aromatic rings. The van der Waals surface area contributed by atoms with E-state index in [-0.39, 0.29) is 0 Å². The Balaban J connectivity index is 1.48. The molecule has 2 rings (SSSR count). The maximum atomic E-state index is 5.33. The Hall–Kier alpha value is -0.120.